The second-order valence-electron chi connectivity index (χ2n) is 6.25. The van der Waals surface area contributed by atoms with E-state index in [0.717, 1.165) is 11.3 Å². The number of nitrogens with zero attached hydrogens (tertiary/aromatic N) is 3. The number of rotatable bonds is 5. The highest BCUT2D eigenvalue weighted by Crippen LogP contribution is 2.22. The van der Waals surface area contributed by atoms with Crippen LogP contribution in [0, 0.1) is 0 Å². The first-order chi connectivity index (χ1) is 13.5. The summed E-state index contributed by atoms with van der Waals surface area (Å²) in [6.07, 6.45) is 1.40. The van der Waals surface area contributed by atoms with Gasteiger partial charge < -0.3 is 15.0 Å². The number of carbonyl (C=O) groups excluding carboxylic acids is 2. The third-order valence-corrected chi connectivity index (χ3v) is 4.09. The lowest BCUT2D eigenvalue weighted by Gasteiger charge is -2.10. The zero-order chi connectivity index (χ0) is 20.1. The van der Waals surface area contributed by atoms with Gasteiger partial charge in [0.25, 0.3) is 11.8 Å². The Labute approximate surface area is 163 Å². The lowest BCUT2D eigenvalue weighted by atomic mass is 10.1. The molecular weight excluding hydrogens is 356 g/mol. The number of benzene rings is 2. The van der Waals surface area contributed by atoms with Gasteiger partial charge in [-0.1, -0.05) is 0 Å². The van der Waals surface area contributed by atoms with Crippen molar-refractivity contribution in [1.82, 2.24) is 14.9 Å². The van der Waals surface area contributed by atoms with Crippen molar-refractivity contribution in [1.29, 1.82) is 0 Å². The molecule has 0 aliphatic heterocycles. The van der Waals surface area contributed by atoms with Crippen molar-refractivity contribution < 1.29 is 14.3 Å². The van der Waals surface area contributed by atoms with E-state index in [0.29, 0.717) is 22.6 Å². The topological polar surface area (TPSA) is 84.4 Å². The minimum atomic E-state index is -0.316. The first-order valence-corrected chi connectivity index (χ1v) is 8.57. The molecule has 7 heteroatoms. The van der Waals surface area contributed by atoms with Gasteiger partial charge >= 0.3 is 0 Å². The van der Waals surface area contributed by atoms with Crippen molar-refractivity contribution in [2.75, 3.05) is 26.5 Å². The molecule has 3 aromatic rings. The maximum absolute atomic E-state index is 12.5. The van der Waals surface area contributed by atoms with E-state index in [1.54, 1.807) is 51.5 Å². The highest BCUT2D eigenvalue weighted by Gasteiger charge is 2.11. The third-order valence-electron chi connectivity index (χ3n) is 4.09. The number of anilines is 1. The fraction of sp³-hybridized carbons (Fsp3) is 0.143. The third kappa shape index (κ3) is 4.32. The van der Waals surface area contributed by atoms with Gasteiger partial charge in [-0.3, -0.25) is 9.59 Å². The van der Waals surface area contributed by atoms with Gasteiger partial charge in [-0.15, -0.1) is 0 Å². The van der Waals surface area contributed by atoms with Gasteiger partial charge in [-0.25, -0.2) is 9.97 Å². The van der Waals surface area contributed by atoms with Crippen LogP contribution in [0.25, 0.3) is 11.3 Å². The first-order valence-electron chi connectivity index (χ1n) is 8.57. The number of amides is 2. The molecule has 0 atom stereocenters. The summed E-state index contributed by atoms with van der Waals surface area (Å²) in [4.78, 5) is 34.2. The molecule has 0 spiro atoms. The number of hydrogen-bond acceptors (Lipinski definition) is 5. The standard InChI is InChI=1S/C21H20N4O3/c1-25(2)21(27)16-6-4-15(5-7-16)20(26)24-19-12-18(22-13-23-19)14-8-10-17(28-3)11-9-14/h4-13H,1-3H3,(H,22,23,24,26). The van der Waals surface area contributed by atoms with E-state index in [1.807, 2.05) is 24.3 Å². The van der Waals surface area contributed by atoms with Crippen molar-refractivity contribution in [3.63, 3.8) is 0 Å². The predicted molar refractivity (Wildman–Crippen MR) is 106 cm³/mol. The maximum atomic E-state index is 12.5. The largest absolute Gasteiger partial charge is 0.497 e. The van der Waals surface area contributed by atoms with Crippen molar-refractivity contribution >= 4 is 17.6 Å². The van der Waals surface area contributed by atoms with Crippen LogP contribution in [0.4, 0.5) is 5.82 Å². The van der Waals surface area contributed by atoms with Crippen molar-refractivity contribution in [3.8, 4) is 17.0 Å². The van der Waals surface area contributed by atoms with Gasteiger partial charge in [-0.05, 0) is 48.5 Å². The van der Waals surface area contributed by atoms with Crippen molar-refractivity contribution in [2.24, 2.45) is 0 Å². The van der Waals surface area contributed by atoms with Crippen LogP contribution in [0.3, 0.4) is 0 Å². The van der Waals surface area contributed by atoms with Gasteiger partial charge in [0.2, 0.25) is 0 Å². The van der Waals surface area contributed by atoms with E-state index >= 15 is 0 Å². The zero-order valence-electron chi connectivity index (χ0n) is 15.8. The monoisotopic (exact) mass is 376 g/mol. The first kappa shape index (κ1) is 19.0. The number of aromatic nitrogens is 2. The average Bonchev–Trinajstić information content (AvgIpc) is 2.73. The average molecular weight is 376 g/mol. The summed E-state index contributed by atoms with van der Waals surface area (Å²) in [5.41, 5.74) is 2.51. The van der Waals surface area contributed by atoms with Gasteiger partial charge in [0.15, 0.2) is 0 Å². The molecular formula is C21H20N4O3. The summed E-state index contributed by atoms with van der Waals surface area (Å²) in [6.45, 7) is 0. The molecule has 2 aromatic carbocycles. The van der Waals surface area contributed by atoms with E-state index < -0.39 is 0 Å². The maximum Gasteiger partial charge on any atom is 0.256 e. The second kappa shape index (κ2) is 8.30. The quantitative estimate of drug-likeness (QED) is 0.740. The molecule has 0 aliphatic carbocycles. The highest BCUT2D eigenvalue weighted by molar-refractivity contribution is 6.04. The van der Waals surface area contributed by atoms with Crippen LogP contribution in [0.5, 0.6) is 5.75 Å². The van der Waals surface area contributed by atoms with Crippen LogP contribution in [-0.4, -0.2) is 47.9 Å². The molecule has 1 heterocycles. The fourth-order valence-corrected chi connectivity index (χ4v) is 2.56. The van der Waals surface area contributed by atoms with Crippen LogP contribution < -0.4 is 10.1 Å². The predicted octanol–water partition coefficient (Wildman–Crippen LogP) is 3.11. The summed E-state index contributed by atoms with van der Waals surface area (Å²) in [5.74, 6) is 0.705. The summed E-state index contributed by atoms with van der Waals surface area (Å²) in [5, 5.41) is 2.75. The van der Waals surface area contributed by atoms with Crippen LogP contribution in [0.15, 0.2) is 60.9 Å². The smallest absolute Gasteiger partial charge is 0.256 e. The van der Waals surface area contributed by atoms with Gasteiger partial charge in [0.05, 0.1) is 12.8 Å². The Hall–Kier alpha value is -3.74. The van der Waals surface area contributed by atoms with Crippen LogP contribution in [0.1, 0.15) is 20.7 Å². The zero-order valence-corrected chi connectivity index (χ0v) is 15.8. The molecule has 0 radical (unpaired) electrons. The van der Waals surface area contributed by atoms with E-state index in [4.69, 9.17) is 4.74 Å². The number of hydrogen-bond donors (Lipinski definition) is 1. The van der Waals surface area contributed by atoms with Crippen LogP contribution in [-0.2, 0) is 0 Å². The lowest BCUT2D eigenvalue weighted by molar-refractivity contribution is 0.0827. The fourth-order valence-electron chi connectivity index (χ4n) is 2.56. The van der Waals surface area contributed by atoms with Crippen molar-refractivity contribution in [2.45, 2.75) is 0 Å². The van der Waals surface area contributed by atoms with E-state index in [1.165, 1.54) is 11.2 Å². The Balaban J connectivity index is 1.74. The molecule has 0 saturated heterocycles. The molecule has 0 saturated carbocycles. The molecule has 3 rings (SSSR count). The Bertz CT molecular complexity index is 983. The molecule has 2 amide bonds. The Morgan fingerprint density at radius 2 is 1.57 bits per heavy atom. The molecule has 1 N–H and O–H groups in total. The van der Waals surface area contributed by atoms with Gasteiger partial charge in [-0.2, -0.15) is 0 Å². The molecule has 0 aliphatic rings. The Kier molecular flexibility index (Phi) is 5.64. The number of carbonyl (C=O) groups is 2. The van der Waals surface area contributed by atoms with Crippen molar-refractivity contribution in [3.05, 3.63) is 72.1 Å². The summed E-state index contributed by atoms with van der Waals surface area (Å²) in [6, 6.07) is 15.6. The Morgan fingerprint density at radius 1 is 0.929 bits per heavy atom. The molecule has 1 aromatic heterocycles. The lowest BCUT2D eigenvalue weighted by Crippen LogP contribution is -2.21. The van der Waals surface area contributed by atoms with Crippen LogP contribution in [0.2, 0.25) is 0 Å². The van der Waals surface area contributed by atoms with Gasteiger partial charge in [0.1, 0.15) is 17.9 Å². The number of ether oxygens (including phenoxy) is 1. The minimum Gasteiger partial charge on any atom is -0.497 e. The normalized spacial score (nSPS) is 10.2. The highest BCUT2D eigenvalue weighted by atomic mass is 16.5. The molecule has 0 fully saturated rings. The molecule has 142 valence electrons. The molecule has 0 unspecified atom stereocenters. The van der Waals surface area contributed by atoms with E-state index in [2.05, 4.69) is 15.3 Å². The van der Waals surface area contributed by atoms with E-state index in [9.17, 15) is 9.59 Å². The molecule has 28 heavy (non-hydrogen) atoms. The minimum absolute atomic E-state index is 0.119. The number of nitrogens with one attached hydrogen (secondary N) is 1. The SMILES string of the molecule is COc1ccc(-c2cc(NC(=O)c3ccc(C(=O)N(C)C)cc3)ncn2)cc1. The van der Waals surface area contributed by atoms with E-state index in [-0.39, 0.29) is 11.8 Å². The summed E-state index contributed by atoms with van der Waals surface area (Å²) >= 11 is 0. The second-order valence-corrected chi connectivity index (χ2v) is 6.25. The number of methoxy groups -OCH3 is 1. The summed E-state index contributed by atoms with van der Waals surface area (Å²) in [7, 11) is 4.97. The molecule has 7 nitrogen and oxygen atoms in total. The summed E-state index contributed by atoms with van der Waals surface area (Å²) < 4.78 is 5.15. The van der Waals surface area contributed by atoms with Gasteiger partial charge in [0, 0.05) is 36.9 Å². The molecule has 0 bridgehead atoms. The van der Waals surface area contributed by atoms with Crippen LogP contribution >= 0.6 is 0 Å². The Morgan fingerprint density at radius 3 is 2.18 bits per heavy atom.